The van der Waals surface area contributed by atoms with Gasteiger partial charge in [-0.1, -0.05) is 42.8 Å². The Kier molecular flexibility index (Phi) is 17.3. The van der Waals surface area contributed by atoms with Crippen LogP contribution in [0.4, 0.5) is 10.5 Å². The molecular weight excluding hydrogens is 762 g/mol. The lowest BCUT2D eigenvalue weighted by molar-refractivity contribution is -0.384. The number of hydrogen-bond acceptors (Lipinski definition) is 13. The molecule has 3 N–H and O–H groups in total. The molecule has 6 atom stereocenters. The van der Waals surface area contributed by atoms with Crippen LogP contribution in [0, 0.1) is 27.9 Å². The number of carbonyl (C=O) groups is 1. The normalized spacial score (nSPS) is 23.6. The van der Waals surface area contributed by atoms with Crippen molar-refractivity contribution in [1.29, 1.82) is 0 Å². The summed E-state index contributed by atoms with van der Waals surface area (Å²) in [6.45, 7) is 10.2. The van der Waals surface area contributed by atoms with E-state index in [1.807, 2.05) is 18.2 Å². The molecule has 1 aliphatic heterocycles. The van der Waals surface area contributed by atoms with Crippen LogP contribution in [0.15, 0.2) is 84.6 Å². The van der Waals surface area contributed by atoms with Gasteiger partial charge in [-0.15, -0.1) is 6.58 Å². The van der Waals surface area contributed by atoms with Gasteiger partial charge >= 0.3 is 6.09 Å². The van der Waals surface area contributed by atoms with Gasteiger partial charge in [0.25, 0.3) is 5.69 Å². The molecule has 322 valence electrons. The average molecular weight is 822 g/mol. The Bertz CT molecular complexity index is 1770. The van der Waals surface area contributed by atoms with Gasteiger partial charge in [0.15, 0.2) is 0 Å². The summed E-state index contributed by atoms with van der Waals surface area (Å²) in [4.78, 5) is 32.6. The Hall–Kier alpha value is -4.80. The largest absolute Gasteiger partial charge is 0.490 e. The topological polar surface area (TPSA) is 192 Å². The van der Waals surface area contributed by atoms with Gasteiger partial charge in [0.05, 0.1) is 49.6 Å². The summed E-state index contributed by atoms with van der Waals surface area (Å²) in [5.74, 6) is -1.11. The summed E-state index contributed by atoms with van der Waals surface area (Å²) in [7, 11) is 0. The van der Waals surface area contributed by atoms with Crippen LogP contribution in [-0.4, -0.2) is 108 Å². The number of benzene rings is 2. The maximum absolute atomic E-state index is 14.1. The maximum atomic E-state index is 14.1. The zero-order valence-corrected chi connectivity index (χ0v) is 34.0. The number of carbonyl (C=O) groups excluding carboxylic acids is 1. The number of aliphatic hydroxyl groups excluding tert-OH is 3. The molecule has 15 heteroatoms. The highest BCUT2D eigenvalue weighted by molar-refractivity contribution is 6.03. The first-order chi connectivity index (χ1) is 28.8. The number of amides is 1. The van der Waals surface area contributed by atoms with Gasteiger partial charge in [-0.2, -0.15) is 0 Å². The minimum Gasteiger partial charge on any atom is -0.490 e. The van der Waals surface area contributed by atoms with Crippen LogP contribution in [0.2, 0.25) is 0 Å². The molecule has 0 aromatic heterocycles. The van der Waals surface area contributed by atoms with Crippen LogP contribution < -0.4 is 9.47 Å². The first-order valence-electron chi connectivity index (χ1n) is 20.6. The molecular formula is C44H59N3O12. The summed E-state index contributed by atoms with van der Waals surface area (Å²) in [5.41, 5.74) is 2.95. The molecule has 2 aromatic carbocycles. The summed E-state index contributed by atoms with van der Waals surface area (Å²) in [6, 6.07) is 10.9. The van der Waals surface area contributed by atoms with E-state index in [0.717, 1.165) is 36.8 Å². The summed E-state index contributed by atoms with van der Waals surface area (Å²) in [6.07, 6.45) is 9.40. The highest BCUT2D eigenvalue weighted by Gasteiger charge is 2.65. The van der Waals surface area contributed by atoms with Gasteiger partial charge in [-0.05, 0) is 85.9 Å². The number of nitrogens with zero attached hydrogens (tertiary/aromatic N) is 3. The number of allylic oxidation sites excluding steroid dienone is 1. The van der Waals surface area contributed by atoms with Crippen molar-refractivity contribution in [2.45, 2.75) is 76.2 Å². The second-order valence-corrected chi connectivity index (χ2v) is 14.8. The number of rotatable bonds is 25. The minimum absolute atomic E-state index is 0.00274. The lowest BCUT2D eigenvalue weighted by Crippen LogP contribution is -2.70. The SMILES string of the molecule is C=CCOc1ccc2c(c1)C1C(CCCCO)C(CCCCO)C=C3C(=NOCc4ccc([N+](=O)[O-])cc4)CC(N(CCOCCO)C(=O)OCC)C(OCC=C)(O2)C31. The number of nitro groups is 1. The number of hydrogen-bond donors (Lipinski definition) is 3. The van der Waals surface area contributed by atoms with Gasteiger partial charge < -0.3 is 43.8 Å². The van der Waals surface area contributed by atoms with E-state index in [1.54, 1.807) is 36.1 Å². The lowest BCUT2D eigenvalue weighted by Gasteiger charge is -2.59. The molecule has 0 radical (unpaired) electrons. The van der Waals surface area contributed by atoms with Gasteiger partial charge in [0.2, 0.25) is 5.79 Å². The van der Waals surface area contributed by atoms with Crippen LogP contribution >= 0.6 is 0 Å². The lowest BCUT2D eigenvalue weighted by atomic mass is 9.55. The van der Waals surface area contributed by atoms with Crippen molar-refractivity contribution >= 4 is 17.5 Å². The molecule has 6 unspecified atom stereocenters. The Morgan fingerprint density at radius 3 is 2.44 bits per heavy atom. The molecule has 1 fully saturated rings. The molecule has 59 heavy (non-hydrogen) atoms. The molecule has 1 heterocycles. The van der Waals surface area contributed by atoms with E-state index in [0.29, 0.717) is 42.2 Å². The molecule has 2 aliphatic carbocycles. The van der Waals surface area contributed by atoms with Crippen molar-refractivity contribution in [3.63, 3.8) is 0 Å². The zero-order chi connectivity index (χ0) is 42.2. The van der Waals surface area contributed by atoms with Gasteiger partial charge in [-0.25, -0.2) is 4.79 Å². The Balaban J connectivity index is 1.74. The fourth-order valence-electron chi connectivity index (χ4n) is 8.70. The van der Waals surface area contributed by atoms with Crippen molar-refractivity contribution < 1.29 is 53.6 Å². The zero-order valence-electron chi connectivity index (χ0n) is 34.0. The van der Waals surface area contributed by atoms with Crippen molar-refractivity contribution in [2.24, 2.45) is 22.9 Å². The Morgan fingerprint density at radius 2 is 1.76 bits per heavy atom. The van der Waals surface area contributed by atoms with Crippen LogP contribution in [0.25, 0.3) is 0 Å². The van der Waals surface area contributed by atoms with Crippen LogP contribution in [0.5, 0.6) is 11.5 Å². The standard InChI is InChI=1S/C44H59N3O12/c1-4-23-56-34-17-18-39-37(28-34)41-35(12-8-10-21-49)32(11-7-9-20-48)27-36-38(45-58-30-31-13-15-33(16-14-31)47(52)53)29-40(44(59-39,42(36)41)57-24-5-2)46(43(51)55-6-3)19-25-54-26-22-50/h4-5,13-18,27-28,32,35,40-42,48-50H,1-2,6-12,19-26,29-30H2,3H3. The van der Waals surface area contributed by atoms with Crippen molar-refractivity contribution in [2.75, 3.05) is 59.4 Å². The molecule has 1 amide bonds. The van der Waals surface area contributed by atoms with Gasteiger partial charge in [0.1, 0.15) is 30.8 Å². The van der Waals surface area contributed by atoms with E-state index in [1.165, 1.54) is 12.1 Å². The second-order valence-electron chi connectivity index (χ2n) is 14.8. The first-order valence-corrected chi connectivity index (χ1v) is 20.6. The van der Waals surface area contributed by atoms with E-state index < -0.39 is 28.8 Å². The summed E-state index contributed by atoms with van der Waals surface area (Å²) in [5, 5.41) is 45.2. The third kappa shape index (κ3) is 10.9. The van der Waals surface area contributed by atoms with Gasteiger partial charge in [-0.3, -0.25) is 15.0 Å². The van der Waals surface area contributed by atoms with E-state index in [2.05, 4.69) is 19.2 Å². The molecule has 15 nitrogen and oxygen atoms in total. The molecule has 5 rings (SSSR count). The fraction of sp³-hybridized carbons (Fsp3) is 0.545. The first kappa shape index (κ1) is 45.3. The number of unbranched alkanes of at least 4 members (excludes halogenated alkanes) is 2. The van der Waals surface area contributed by atoms with E-state index in [9.17, 15) is 30.2 Å². The van der Waals surface area contributed by atoms with Crippen molar-refractivity contribution in [3.05, 3.63) is 101 Å². The van der Waals surface area contributed by atoms with Crippen LogP contribution in [0.1, 0.15) is 68.9 Å². The average Bonchev–Trinajstić information content (AvgIpc) is 3.24. The smallest absolute Gasteiger partial charge is 0.410 e. The third-order valence-corrected chi connectivity index (χ3v) is 11.2. The van der Waals surface area contributed by atoms with Crippen LogP contribution in [-0.2, 0) is 25.7 Å². The second kappa shape index (κ2) is 22.5. The van der Waals surface area contributed by atoms with E-state index in [-0.39, 0.29) is 89.3 Å². The number of non-ortho nitro benzene ring substituents is 1. The number of oxime groups is 1. The van der Waals surface area contributed by atoms with Crippen LogP contribution in [0.3, 0.4) is 0 Å². The Labute approximate surface area is 346 Å². The number of nitro benzene ring substituents is 1. The minimum atomic E-state index is -1.51. The quantitative estimate of drug-likeness (QED) is 0.0429. The van der Waals surface area contributed by atoms with E-state index in [4.69, 9.17) is 33.7 Å². The molecule has 0 bridgehead atoms. The maximum Gasteiger partial charge on any atom is 0.410 e. The summed E-state index contributed by atoms with van der Waals surface area (Å²) >= 11 is 0. The number of aliphatic hydroxyl groups is 3. The summed E-state index contributed by atoms with van der Waals surface area (Å²) < 4.78 is 31.6. The van der Waals surface area contributed by atoms with E-state index >= 15 is 0 Å². The van der Waals surface area contributed by atoms with Crippen molar-refractivity contribution in [1.82, 2.24) is 4.90 Å². The predicted molar refractivity (Wildman–Crippen MR) is 220 cm³/mol. The molecule has 0 spiro atoms. The predicted octanol–water partition coefficient (Wildman–Crippen LogP) is 6.46. The fourth-order valence-corrected chi connectivity index (χ4v) is 8.70. The molecule has 0 saturated heterocycles. The number of fused-ring (bicyclic) bond motifs is 2. The monoisotopic (exact) mass is 821 g/mol. The molecule has 3 aliphatic rings. The Morgan fingerprint density at radius 1 is 1.02 bits per heavy atom. The highest BCUT2D eigenvalue weighted by atomic mass is 16.7. The number of ether oxygens (including phenoxy) is 5. The van der Waals surface area contributed by atoms with Crippen molar-refractivity contribution in [3.8, 4) is 11.5 Å². The third-order valence-electron chi connectivity index (χ3n) is 11.2. The highest BCUT2D eigenvalue weighted by Crippen LogP contribution is 2.62. The van der Waals surface area contributed by atoms with Gasteiger partial charge in [0, 0.05) is 49.8 Å². The molecule has 2 aromatic rings. The molecule has 1 saturated carbocycles.